The Morgan fingerprint density at radius 1 is 1.23 bits per heavy atom. The number of ether oxygens (including phenoxy) is 2. The number of carbonyl (C=O) groups excluding carboxylic acids is 2. The molecule has 0 spiro atoms. The van der Waals surface area contributed by atoms with Crippen molar-refractivity contribution in [3.05, 3.63) is 29.8 Å². The molecule has 7 heteroatoms. The molecule has 1 aromatic carbocycles. The Balaban J connectivity index is 1.92. The molecule has 0 bridgehead atoms. The topological polar surface area (TPSA) is 79.9 Å². The van der Waals surface area contributed by atoms with Crippen molar-refractivity contribution >= 4 is 11.9 Å². The van der Waals surface area contributed by atoms with E-state index in [1.165, 1.54) is 4.90 Å². The number of methoxy groups -OCH3 is 2. The third kappa shape index (κ3) is 3.54. The largest absolute Gasteiger partial charge is 0.497 e. The van der Waals surface area contributed by atoms with Crippen LogP contribution in [0.2, 0.25) is 0 Å². The van der Waals surface area contributed by atoms with E-state index in [0.29, 0.717) is 13.0 Å². The Kier molecular flexibility index (Phi) is 5.78. The van der Waals surface area contributed by atoms with Crippen molar-refractivity contribution in [2.45, 2.75) is 24.8 Å². The molecule has 7 nitrogen and oxygen atoms in total. The van der Waals surface area contributed by atoms with E-state index in [2.05, 4.69) is 10.6 Å². The Morgan fingerprint density at radius 3 is 2.69 bits per heavy atom. The van der Waals surface area contributed by atoms with Gasteiger partial charge in [-0.2, -0.15) is 0 Å². The molecule has 2 aliphatic heterocycles. The zero-order valence-electron chi connectivity index (χ0n) is 15.4. The van der Waals surface area contributed by atoms with Crippen molar-refractivity contribution in [2.75, 3.05) is 40.5 Å². The van der Waals surface area contributed by atoms with Crippen LogP contribution in [-0.4, -0.2) is 62.8 Å². The second-order valence-electron chi connectivity index (χ2n) is 6.90. The summed E-state index contributed by atoms with van der Waals surface area (Å²) >= 11 is 0. The summed E-state index contributed by atoms with van der Waals surface area (Å²) in [6, 6.07) is 7.37. The molecule has 1 unspecified atom stereocenters. The summed E-state index contributed by atoms with van der Waals surface area (Å²) in [5.41, 5.74) is 0.0735. The van der Waals surface area contributed by atoms with Crippen LogP contribution in [0.15, 0.2) is 24.3 Å². The highest BCUT2D eigenvalue weighted by Crippen LogP contribution is 2.35. The molecular formula is C19H27N3O4. The first kappa shape index (κ1) is 18.7. The molecule has 2 fully saturated rings. The Labute approximate surface area is 154 Å². The van der Waals surface area contributed by atoms with Crippen LogP contribution in [0.1, 0.15) is 18.4 Å². The van der Waals surface area contributed by atoms with E-state index in [-0.39, 0.29) is 24.4 Å². The smallest absolute Gasteiger partial charge is 0.325 e. The molecule has 2 N–H and O–H groups in total. The van der Waals surface area contributed by atoms with Gasteiger partial charge in [-0.3, -0.25) is 9.69 Å². The van der Waals surface area contributed by atoms with Crippen LogP contribution in [0.25, 0.3) is 0 Å². The number of piperidine rings is 1. The molecule has 3 rings (SSSR count). The highest BCUT2D eigenvalue weighted by atomic mass is 16.5. The first-order valence-corrected chi connectivity index (χ1v) is 9.07. The van der Waals surface area contributed by atoms with Gasteiger partial charge in [-0.15, -0.1) is 0 Å². The number of hydrogen-bond donors (Lipinski definition) is 2. The molecule has 1 aromatic rings. The highest BCUT2D eigenvalue weighted by molar-refractivity contribution is 6.07. The maximum atomic E-state index is 13.3. The first-order chi connectivity index (χ1) is 12.6. The summed E-state index contributed by atoms with van der Waals surface area (Å²) in [6.07, 6.45) is 2.17. The fourth-order valence-electron chi connectivity index (χ4n) is 3.99. The lowest BCUT2D eigenvalue weighted by atomic mass is 9.74. The van der Waals surface area contributed by atoms with Crippen LogP contribution in [0.3, 0.4) is 0 Å². The Morgan fingerprint density at radius 2 is 2.00 bits per heavy atom. The second kappa shape index (κ2) is 8.05. The van der Waals surface area contributed by atoms with Crippen molar-refractivity contribution < 1.29 is 19.1 Å². The van der Waals surface area contributed by atoms with Gasteiger partial charge in [0.1, 0.15) is 11.3 Å². The zero-order chi connectivity index (χ0) is 18.6. The summed E-state index contributed by atoms with van der Waals surface area (Å²) in [5, 5.41) is 6.38. The number of nitrogens with zero attached hydrogens (tertiary/aromatic N) is 1. The summed E-state index contributed by atoms with van der Waals surface area (Å²) in [5.74, 6) is 0.698. The average Bonchev–Trinajstić information content (AvgIpc) is 2.91. The Hall–Kier alpha value is -2.12. The molecule has 0 aromatic heterocycles. The van der Waals surface area contributed by atoms with Crippen molar-refractivity contribution in [3.8, 4) is 5.75 Å². The van der Waals surface area contributed by atoms with Gasteiger partial charge < -0.3 is 20.1 Å². The average molecular weight is 361 g/mol. The SMILES string of the molecule is COCCN1C(=O)NC(Cc2cccc(OC)c2)(C2CCNCC2)C1=O. The second-order valence-corrected chi connectivity index (χ2v) is 6.90. The van der Waals surface area contributed by atoms with Crippen molar-refractivity contribution in [3.63, 3.8) is 0 Å². The molecule has 3 amide bonds. The van der Waals surface area contributed by atoms with Gasteiger partial charge in [-0.1, -0.05) is 12.1 Å². The third-order valence-electron chi connectivity index (χ3n) is 5.37. The molecule has 2 saturated heterocycles. The first-order valence-electron chi connectivity index (χ1n) is 9.07. The van der Waals surface area contributed by atoms with Gasteiger partial charge in [0, 0.05) is 13.5 Å². The van der Waals surface area contributed by atoms with Crippen LogP contribution < -0.4 is 15.4 Å². The van der Waals surface area contributed by atoms with Crippen molar-refractivity contribution in [1.82, 2.24) is 15.5 Å². The fraction of sp³-hybridized carbons (Fsp3) is 0.579. The van der Waals surface area contributed by atoms with E-state index < -0.39 is 5.54 Å². The van der Waals surface area contributed by atoms with Gasteiger partial charge in [-0.25, -0.2) is 4.79 Å². The van der Waals surface area contributed by atoms with E-state index >= 15 is 0 Å². The van der Waals surface area contributed by atoms with Crippen LogP contribution in [0.5, 0.6) is 5.75 Å². The minimum atomic E-state index is -0.903. The number of urea groups is 1. The number of carbonyl (C=O) groups is 2. The predicted molar refractivity (Wildman–Crippen MR) is 97.1 cm³/mol. The van der Waals surface area contributed by atoms with E-state index in [4.69, 9.17) is 9.47 Å². The van der Waals surface area contributed by atoms with Crippen LogP contribution in [0, 0.1) is 5.92 Å². The molecule has 2 heterocycles. The van der Waals surface area contributed by atoms with Gasteiger partial charge in [0.25, 0.3) is 5.91 Å². The number of rotatable bonds is 7. The van der Waals surface area contributed by atoms with E-state index in [0.717, 1.165) is 37.2 Å². The van der Waals surface area contributed by atoms with E-state index in [1.54, 1.807) is 14.2 Å². The number of benzene rings is 1. The lowest BCUT2D eigenvalue weighted by molar-refractivity contribution is -0.134. The van der Waals surface area contributed by atoms with Gasteiger partial charge in [-0.05, 0) is 49.5 Å². The lowest BCUT2D eigenvalue weighted by Crippen LogP contribution is -2.57. The van der Waals surface area contributed by atoms with Gasteiger partial charge in [0.15, 0.2) is 0 Å². The summed E-state index contributed by atoms with van der Waals surface area (Å²) in [4.78, 5) is 27.2. The molecule has 142 valence electrons. The minimum absolute atomic E-state index is 0.0962. The normalized spacial score (nSPS) is 24.0. The Bertz CT molecular complexity index is 660. The maximum absolute atomic E-state index is 13.3. The zero-order valence-corrected chi connectivity index (χ0v) is 15.4. The van der Waals surface area contributed by atoms with Crippen LogP contribution >= 0.6 is 0 Å². The third-order valence-corrected chi connectivity index (χ3v) is 5.37. The predicted octanol–water partition coefficient (Wildman–Crippen LogP) is 1.17. The standard InChI is InChI=1S/C19H27N3O4/c1-25-11-10-22-17(23)19(21-18(22)24,15-6-8-20-9-7-15)13-14-4-3-5-16(12-14)26-2/h3-5,12,15,20H,6-11,13H2,1-2H3,(H,21,24). The summed E-state index contributed by atoms with van der Waals surface area (Å²) < 4.78 is 10.4. The molecular weight excluding hydrogens is 334 g/mol. The molecule has 2 aliphatic rings. The van der Waals surface area contributed by atoms with Crippen LogP contribution in [0.4, 0.5) is 4.79 Å². The molecule has 0 aliphatic carbocycles. The van der Waals surface area contributed by atoms with E-state index in [9.17, 15) is 9.59 Å². The lowest BCUT2D eigenvalue weighted by Gasteiger charge is -2.38. The number of nitrogens with one attached hydrogen (secondary N) is 2. The fourth-order valence-corrected chi connectivity index (χ4v) is 3.99. The van der Waals surface area contributed by atoms with Gasteiger partial charge in [0.2, 0.25) is 0 Å². The van der Waals surface area contributed by atoms with Gasteiger partial charge >= 0.3 is 6.03 Å². The monoisotopic (exact) mass is 361 g/mol. The minimum Gasteiger partial charge on any atom is -0.497 e. The maximum Gasteiger partial charge on any atom is 0.325 e. The molecule has 26 heavy (non-hydrogen) atoms. The van der Waals surface area contributed by atoms with Crippen LogP contribution in [-0.2, 0) is 16.0 Å². The van der Waals surface area contributed by atoms with Gasteiger partial charge in [0.05, 0.1) is 20.3 Å². The summed E-state index contributed by atoms with van der Waals surface area (Å²) in [7, 11) is 3.19. The number of imide groups is 1. The van der Waals surface area contributed by atoms with Crippen molar-refractivity contribution in [2.24, 2.45) is 5.92 Å². The highest BCUT2D eigenvalue weighted by Gasteiger charge is 2.55. The quantitative estimate of drug-likeness (QED) is 0.713. The number of amides is 3. The molecule has 1 atom stereocenters. The number of hydrogen-bond acceptors (Lipinski definition) is 5. The molecule has 0 radical (unpaired) electrons. The molecule has 0 saturated carbocycles. The van der Waals surface area contributed by atoms with Crippen molar-refractivity contribution in [1.29, 1.82) is 0 Å². The van der Waals surface area contributed by atoms with E-state index in [1.807, 2.05) is 24.3 Å². The summed E-state index contributed by atoms with van der Waals surface area (Å²) in [6.45, 7) is 2.31.